The smallest absolute Gasteiger partial charge is 0.335 e. The van der Waals surface area contributed by atoms with E-state index in [-0.39, 0.29) is 46.5 Å². The van der Waals surface area contributed by atoms with Crippen LogP contribution in [0.15, 0.2) is 11.4 Å². The van der Waals surface area contributed by atoms with Crippen LogP contribution in [-0.2, 0) is 22.5 Å². The van der Waals surface area contributed by atoms with Gasteiger partial charge < -0.3 is 22.4 Å². The number of rotatable bonds is 8. The Kier molecular flexibility index (Phi) is 9.10. The SMILES string of the molecule is COc1nc(NC(C)=O)nc2c1ncn2[C@@H]1O[C@@H]2CO[Si](C(C)C)(C(C)C)O[Si](C(C)C)(C(C)C)OC2[C@@]1(C)N=[N+]=[N-]. The van der Waals surface area contributed by atoms with Crippen molar-refractivity contribution in [1.29, 1.82) is 0 Å². The minimum atomic E-state index is -3.04. The second-order valence-corrected chi connectivity index (χ2v) is 21.4. The molecule has 0 bridgehead atoms. The molecule has 1 amide bonds. The molecule has 0 saturated carbocycles. The topological polar surface area (TPSA) is 168 Å². The van der Waals surface area contributed by atoms with Gasteiger partial charge in [-0.05, 0) is 34.6 Å². The molecule has 2 aromatic rings. The van der Waals surface area contributed by atoms with Crippen molar-refractivity contribution in [2.75, 3.05) is 19.0 Å². The van der Waals surface area contributed by atoms with Crippen molar-refractivity contribution in [3.05, 3.63) is 16.8 Å². The molecule has 4 rings (SSSR count). The van der Waals surface area contributed by atoms with E-state index in [1.165, 1.54) is 14.0 Å². The number of fused-ring (bicyclic) bond motifs is 2. The molecular weight excluding hydrogens is 577 g/mol. The summed E-state index contributed by atoms with van der Waals surface area (Å²) in [6.45, 7) is 20.6. The highest BCUT2D eigenvalue weighted by Gasteiger charge is 2.64. The molecule has 16 heteroatoms. The van der Waals surface area contributed by atoms with Crippen molar-refractivity contribution < 1.29 is 27.2 Å². The number of azide groups is 1. The summed E-state index contributed by atoms with van der Waals surface area (Å²) in [6, 6.07) is 0. The molecule has 2 saturated heterocycles. The molecule has 4 heterocycles. The predicted octanol–water partition coefficient (Wildman–Crippen LogP) is 5.72. The van der Waals surface area contributed by atoms with Crippen molar-refractivity contribution in [3.63, 3.8) is 0 Å². The Bertz CT molecular complexity index is 1350. The molecule has 1 unspecified atom stereocenters. The highest BCUT2D eigenvalue weighted by Crippen LogP contribution is 2.52. The minimum Gasteiger partial charge on any atom is -0.479 e. The van der Waals surface area contributed by atoms with Crippen LogP contribution in [0, 0.1) is 0 Å². The number of ether oxygens (including phenoxy) is 2. The van der Waals surface area contributed by atoms with E-state index in [0.29, 0.717) is 11.2 Å². The number of imidazole rings is 1. The van der Waals surface area contributed by atoms with Crippen LogP contribution in [0.25, 0.3) is 21.6 Å². The van der Waals surface area contributed by atoms with Crippen LogP contribution in [0.4, 0.5) is 5.95 Å². The van der Waals surface area contributed by atoms with E-state index in [1.54, 1.807) is 10.9 Å². The average molecular weight is 621 g/mol. The zero-order valence-electron chi connectivity index (χ0n) is 26.4. The molecule has 4 atom stereocenters. The summed E-state index contributed by atoms with van der Waals surface area (Å²) in [4.78, 5) is 28.3. The first-order chi connectivity index (χ1) is 19.7. The maximum absolute atomic E-state index is 11.8. The fraction of sp³-hybridized carbons (Fsp3) is 0.769. The predicted molar refractivity (Wildman–Crippen MR) is 161 cm³/mol. The second kappa shape index (κ2) is 11.8. The van der Waals surface area contributed by atoms with E-state index in [1.807, 2.05) is 6.92 Å². The molecule has 14 nitrogen and oxygen atoms in total. The van der Waals surface area contributed by atoms with Gasteiger partial charge in [-0.25, -0.2) is 4.98 Å². The number of nitrogens with one attached hydrogen (secondary N) is 1. The Hall–Kier alpha value is -2.60. The normalized spacial score (nSPS) is 27.2. The van der Waals surface area contributed by atoms with E-state index >= 15 is 0 Å². The third-order valence-electron chi connectivity index (χ3n) is 8.42. The van der Waals surface area contributed by atoms with Gasteiger partial charge in [0.05, 0.1) is 26.1 Å². The minimum absolute atomic E-state index is 0.0479. The lowest BCUT2D eigenvalue weighted by atomic mass is 9.93. The van der Waals surface area contributed by atoms with Crippen molar-refractivity contribution in [1.82, 2.24) is 19.5 Å². The third-order valence-corrected chi connectivity index (χ3v) is 18.7. The number of methoxy groups -OCH3 is 1. The van der Waals surface area contributed by atoms with Crippen molar-refractivity contribution >= 4 is 40.1 Å². The van der Waals surface area contributed by atoms with Crippen LogP contribution in [0.5, 0.6) is 5.88 Å². The third kappa shape index (κ3) is 5.22. The van der Waals surface area contributed by atoms with Gasteiger partial charge >= 0.3 is 17.1 Å². The molecule has 0 spiro atoms. The maximum atomic E-state index is 11.8. The summed E-state index contributed by atoms with van der Waals surface area (Å²) < 4.78 is 35.3. The Labute approximate surface area is 249 Å². The molecule has 2 fully saturated rings. The van der Waals surface area contributed by atoms with Gasteiger partial charge in [-0.3, -0.25) is 14.7 Å². The Morgan fingerprint density at radius 1 is 1.14 bits per heavy atom. The van der Waals surface area contributed by atoms with Gasteiger partial charge in [0.15, 0.2) is 17.4 Å². The van der Waals surface area contributed by atoms with Crippen LogP contribution < -0.4 is 10.1 Å². The first-order valence-electron chi connectivity index (χ1n) is 14.5. The number of hydrogen-bond donors (Lipinski definition) is 1. The lowest BCUT2D eigenvalue weighted by molar-refractivity contribution is -0.114. The number of nitrogens with zero attached hydrogens (tertiary/aromatic N) is 7. The summed E-state index contributed by atoms with van der Waals surface area (Å²) in [6.07, 6.45) is -0.584. The molecule has 232 valence electrons. The summed E-state index contributed by atoms with van der Waals surface area (Å²) in [5.41, 5.74) is 9.76. The fourth-order valence-corrected chi connectivity index (χ4v) is 17.6. The van der Waals surface area contributed by atoms with E-state index in [4.69, 9.17) is 22.4 Å². The number of aromatic nitrogens is 4. The van der Waals surface area contributed by atoms with Crippen LogP contribution in [0.2, 0.25) is 22.2 Å². The zero-order chi connectivity index (χ0) is 31.2. The standard InChI is InChI=1S/C26H44N8O6Si2/c1-14(2)41(15(3)4)37-12-19-21(39-42(40-41,16(5)6)17(7)8)26(10,32-33-27)24(38-19)34-13-28-20-22(34)30-25(29-18(9)35)31-23(20)36-11/h13-17,19,21,24H,12H2,1-11H3,(H,29,30,31,35)/t19-,21?,24-,26-/m1/s1. The van der Waals surface area contributed by atoms with Crippen LogP contribution in [-0.4, -0.2) is 74.0 Å². The monoisotopic (exact) mass is 620 g/mol. The number of amides is 1. The van der Waals surface area contributed by atoms with E-state index in [0.717, 1.165) is 0 Å². The van der Waals surface area contributed by atoms with Gasteiger partial charge in [0.25, 0.3) is 0 Å². The molecule has 42 heavy (non-hydrogen) atoms. The van der Waals surface area contributed by atoms with Gasteiger partial charge in [-0.2, -0.15) is 9.97 Å². The number of carbonyl (C=O) groups excluding carboxylic acids is 1. The van der Waals surface area contributed by atoms with E-state index < -0.39 is 41.1 Å². The molecular formula is C26H44N8O6Si2. The highest BCUT2D eigenvalue weighted by atomic mass is 28.5. The van der Waals surface area contributed by atoms with E-state index in [9.17, 15) is 10.3 Å². The Morgan fingerprint density at radius 3 is 2.29 bits per heavy atom. The summed E-state index contributed by atoms with van der Waals surface area (Å²) in [5.74, 6) is -0.110. The molecule has 1 N–H and O–H groups in total. The molecule has 2 aliphatic rings. The lowest BCUT2D eigenvalue weighted by Gasteiger charge is -2.52. The number of anilines is 1. The van der Waals surface area contributed by atoms with Crippen LogP contribution >= 0.6 is 0 Å². The van der Waals surface area contributed by atoms with Gasteiger partial charge in [0.2, 0.25) is 17.7 Å². The summed E-state index contributed by atoms with van der Waals surface area (Å²) in [5, 5.41) is 6.92. The summed E-state index contributed by atoms with van der Waals surface area (Å²) >= 11 is 0. The van der Waals surface area contributed by atoms with Gasteiger partial charge in [0.1, 0.15) is 11.6 Å². The van der Waals surface area contributed by atoms with Crippen molar-refractivity contribution in [2.45, 2.75) is 115 Å². The lowest BCUT2D eigenvalue weighted by Crippen LogP contribution is -2.66. The number of hydrogen-bond acceptors (Lipinski definition) is 10. The molecule has 2 aromatic heterocycles. The van der Waals surface area contributed by atoms with E-state index in [2.05, 4.69) is 85.7 Å². The van der Waals surface area contributed by atoms with Crippen molar-refractivity contribution in [3.8, 4) is 5.88 Å². The fourth-order valence-electron chi connectivity index (χ4n) is 6.31. The molecule has 0 aromatic carbocycles. The maximum Gasteiger partial charge on any atom is 0.335 e. The molecule has 2 aliphatic heterocycles. The van der Waals surface area contributed by atoms with Gasteiger partial charge in [0, 0.05) is 11.8 Å². The van der Waals surface area contributed by atoms with Crippen LogP contribution in [0.1, 0.15) is 75.5 Å². The van der Waals surface area contributed by atoms with Gasteiger partial charge in [-0.1, -0.05) is 60.5 Å². The Balaban J connectivity index is 1.91. The number of carbonyl (C=O) groups is 1. The molecule has 0 aliphatic carbocycles. The second-order valence-electron chi connectivity index (χ2n) is 12.5. The first-order valence-corrected chi connectivity index (χ1v) is 18.4. The van der Waals surface area contributed by atoms with Crippen molar-refractivity contribution in [2.24, 2.45) is 5.11 Å². The molecule has 0 radical (unpaired) electrons. The summed E-state index contributed by atoms with van der Waals surface area (Å²) in [7, 11) is -4.39. The van der Waals surface area contributed by atoms with Crippen LogP contribution in [0.3, 0.4) is 0 Å². The largest absolute Gasteiger partial charge is 0.479 e. The Morgan fingerprint density at radius 2 is 1.76 bits per heavy atom. The zero-order valence-corrected chi connectivity index (χ0v) is 28.4. The van der Waals surface area contributed by atoms with Gasteiger partial charge in [-0.15, -0.1) is 0 Å². The quantitative estimate of drug-likeness (QED) is 0.168. The average Bonchev–Trinajstić information content (AvgIpc) is 3.41. The first kappa shape index (κ1) is 32.3. The highest BCUT2D eigenvalue weighted by molar-refractivity contribution is 6.84.